The Labute approximate surface area is 209 Å². The highest BCUT2D eigenvalue weighted by Crippen LogP contribution is 2.49. The van der Waals surface area contributed by atoms with Gasteiger partial charge in [-0.25, -0.2) is 0 Å². The molecule has 0 aliphatic rings. The minimum atomic E-state index is -3.20. The van der Waals surface area contributed by atoms with Crippen LogP contribution >= 0.6 is 8.60 Å². The van der Waals surface area contributed by atoms with Gasteiger partial charge in [0.15, 0.2) is 0 Å². The maximum Gasteiger partial charge on any atom is 0.531 e. The minimum Gasteiger partial charge on any atom is -0.375 e. The van der Waals surface area contributed by atoms with Crippen molar-refractivity contribution in [1.29, 1.82) is 0 Å². The summed E-state index contributed by atoms with van der Waals surface area (Å²) in [5.74, 6) is 0. The first kappa shape index (κ1) is 34.6. The third-order valence-electron chi connectivity index (χ3n) is 5.50. The van der Waals surface area contributed by atoms with Gasteiger partial charge in [0.1, 0.15) is 17.2 Å². The fourth-order valence-electron chi connectivity index (χ4n) is 3.49. The molecule has 0 bridgehead atoms. The summed E-state index contributed by atoms with van der Waals surface area (Å²) >= 11 is 0. The van der Waals surface area contributed by atoms with E-state index in [0.717, 1.165) is 0 Å². The molecule has 0 radical (unpaired) electrons. The van der Waals surface area contributed by atoms with Gasteiger partial charge in [-0.15, -0.1) is 0 Å². The highest BCUT2D eigenvalue weighted by Gasteiger charge is 2.55. The first-order valence-electron chi connectivity index (χ1n) is 11.0. The lowest BCUT2D eigenvalue weighted by Crippen LogP contribution is -2.57. The molecule has 0 spiro atoms. The predicted octanol–water partition coefficient (Wildman–Crippen LogP) is 2.85. The van der Waals surface area contributed by atoms with Crippen LogP contribution in [0.25, 0.3) is 0 Å². The normalized spacial score (nSPS) is 16.9. The molecule has 0 aliphatic carbocycles. The second-order valence-electron chi connectivity index (χ2n) is 6.88. The standard InChI is InChI=1S/C18H45O12PSi3/c1-13-16(32(19-4,20-5)21-6)28-31(29-17(14-2)33(22-7,23-8)24-9)30-18(15-3)34(25-10,26-11)27-12/h16-18H,13-15H2,1-12H3. The van der Waals surface area contributed by atoms with E-state index in [2.05, 4.69) is 0 Å². The quantitative estimate of drug-likeness (QED) is 0.150. The van der Waals surface area contributed by atoms with E-state index in [9.17, 15) is 0 Å². The van der Waals surface area contributed by atoms with E-state index in [1.807, 2.05) is 20.8 Å². The van der Waals surface area contributed by atoms with Gasteiger partial charge in [0.05, 0.1) is 0 Å². The van der Waals surface area contributed by atoms with E-state index in [-0.39, 0.29) is 0 Å². The van der Waals surface area contributed by atoms with Gasteiger partial charge in [0.2, 0.25) is 0 Å². The second-order valence-corrected chi connectivity index (χ2v) is 17.2. The lowest BCUT2D eigenvalue weighted by molar-refractivity contribution is 0.0144. The van der Waals surface area contributed by atoms with Crippen LogP contribution in [0.15, 0.2) is 0 Å². The molecule has 0 aromatic heterocycles. The van der Waals surface area contributed by atoms with Crippen molar-refractivity contribution in [2.75, 3.05) is 64.0 Å². The zero-order valence-electron chi connectivity index (χ0n) is 22.7. The largest absolute Gasteiger partial charge is 0.531 e. The smallest absolute Gasteiger partial charge is 0.375 e. The number of hydrogen-bond donors (Lipinski definition) is 0. The average Bonchev–Trinajstić information content (AvgIpc) is 2.89. The Bertz CT molecular complexity index is 430. The summed E-state index contributed by atoms with van der Waals surface area (Å²) in [6.45, 7) is 5.80. The summed E-state index contributed by atoms with van der Waals surface area (Å²) in [6.07, 6.45) is 1.55. The van der Waals surface area contributed by atoms with E-state index >= 15 is 0 Å². The van der Waals surface area contributed by atoms with Gasteiger partial charge in [-0.3, -0.25) is 0 Å². The molecule has 0 fully saturated rings. The third-order valence-corrected chi connectivity index (χ3v) is 16.4. The molecule has 0 heterocycles. The Balaban J connectivity index is 6.32. The van der Waals surface area contributed by atoms with Crippen molar-refractivity contribution in [3.8, 4) is 0 Å². The van der Waals surface area contributed by atoms with Crippen LogP contribution in [-0.2, 0) is 53.4 Å². The highest BCUT2D eigenvalue weighted by atomic mass is 31.2. The Morgan fingerprint density at radius 2 is 0.588 bits per heavy atom. The molecular formula is C18H45O12PSi3. The van der Waals surface area contributed by atoms with E-state index < -0.39 is 52.2 Å². The van der Waals surface area contributed by atoms with Gasteiger partial charge in [0.25, 0.3) is 0 Å². The molecule has 0 aromatic carbocycles. The van der Waals surface area contributed by atoms with Crippen molar-refractivity contribution in [3.05, 3.63) is 0 Å². The summed E-state index contributed by atoms with van der Waals surface area (Å²) in [7, 11) is 2.05. The fourth-order valence-corrected chi connectivity index (χ4v) is 12.4. The maximum atomic E-state index is 6.38. The summed E-state index contributed by atoms with van der Waals surface area (Å²) in [4.78, 5) is 0. The molecular weight excluding hydrogens is 523 g/mol. The zero-order valence-corrected chi connectivity index (χ0v) is 26.6. The van der Waals surface area contributed by atoms with Crippen LogP contribution in [0.3, 0.4) is 0 Å². The molecule has 3 unspecified atom stereocenters. The van der Waals surface area contributed by atoms with Gasteiger partial charge >= 0.3 is 35.0 Å². The second kappa shape index (κ2) is 17.2. The third kappa shape index (κ3) is 8.05. The van der Waals surface area contributed by atoms with Gasteiger partial charge in [-0.1, -0.05) is 20.8 Å². The number of hydrogen-bond acceptors (Lipinski definition) is 12. The van der Waals surface area contributed by atoms with Crippen molar-refractivity contribution in [1.82, 2.24) is 0 Å². The number of rotatable bonds is 21. The van der Waals surface area contributed by atoms with Crippen molar-refractivity contribution in [3.63, 3.8) is 0 Å². The van der Waals surface area contributed by atoms with Crippen molar-refractivity contribution < 1.29 is 53.4 Å². The van der Waals surface area contributed by atoms with E-state index in [1.165, 1.54) is 64.0 Å². The first-order valence-corrected chi connectivity index (χ1v) is 17.5. The lowest BCUT2D eigenvalue weighted by Gasteiger charge is -2.38. The molecule has 34 heavy (non-hydrogen) atoms. The zero-order chi connectivity index (χ0) is 26.4. The van der Waals surface area contributed by atoms with Crippen LogP contribution < -0.4 is 0 Å². The Morgan fingerprint density at radius 3 is 0.706 bits per heavy atom. The maximum absolute atomic E-state index is 6.38. The topological polar surface area (TPSA) is 111 Å². The Morgan fingerprint density at radius 1 is 0.412 bits per heavy atom. The molecule has 0 aliphatic heterocycles. The molecule has 0 saturated carbocycles. The van der Waals surface area contributed by atoms with Crippen LogP contribution in [-0.4, -0.2) is 108 Å². The molecule has 12 nitrogen and oxygen atoms in total. The van der Waals surface area contributed by atoms with Crippen molar-refractivity contribution >= 4 is 35.0 Å². The molecule has 0 amide bonds. The Hall–Kier alpha value is 0.601. The van der Waals surface area contributed by atoms with Gasteiger partial charge in [-0.2, -0.15) is 0 Å². The van der Waals surface area contributed by atoms with Crippen LogP contribution in [0.4, 0.5) is 0 Å². The van der Waals surface area contributed by atoms with Gasteiger partial charge < -0.3 is 53.4 Å². The summed E-state index contributed by atoms with van der Waals surface area (Å²) in [5, 5.41) is 0. The highest BCUT2D eigenvalue weighted by molar-refractivity contribution is 7.42. The lowest BCUT2D eigenvalue weighted by atomic mass is 10.5. The van der Waals surface area contributed by atoms with Crippen LogP contribution in [0.5, 0.6) is 0 Å². The SMILES string of the molecule is CCC(OP(OC(CC)[Si](OC)(OC)OC)OC(CC)[Si](OC)(OC)OC)[Si](OC)(OC)OC. The van der Waals surface area contributed by atoms with Crippen LogP contribution in [0.1, 0.15) is 40.0 Å². The predicted molar refractivity (Wildman–Crippen MR) is 133 cm³/mol. The molecule has 0 aromatic rings. The summed E-state index contributed by atoms with van der Waals surface area (Å²) in [6, 6.07) is 0. The summed E-state index contributed by atoms with van der Waals surface area (Å²) in [5.41, 5.74) is -1.75. The van der Waals surface area contributed by atoms with Gasteiger partial charge in [-0.05, 0) is 19.3 Å². The van der Waals surface area contributed by atoms with E-state index in [0.29, 0.717) is 19.3 Å². The molecule has 0 N–H and O–H groups in total. The molecule has 0 rings (SSSR count). The van der Waals surface area contributed by atoms with Crippen LogP contribution in [0.2, 0.25) is 0 Å². The van der Waals surface area contributed by atoms with Crippen LogP contribution in [0, 0.1) is 0 Å². The molecule has 3 atom stereocenters. The molecule has 0 saturated heterocycles. The minimum absolute atomic E-state index is 0.518. The Kier molecular flexibility index (Phi) is 17.5. The van der Waals surface area contributed by atoms with Gasteiger partial charge in [0, 0.05) is 64.0 Å². The molecule has 16 heteroatoms. The van der Waals surface area contributed by atoms with Crippen molar-refractivity contribution in [2.45, 2.75) is 57.2 Å². The first-order chi connectivity index (χ1) is 16.2. The molecule has 206 valence electrons. The summed E-state index contributed by atoms with van der Waals surface area (Å²) < 4.78 is 70.0. The fraction of sp³-hybridized carbons (Fsp3) is 1.00. The van der Waals surface area contributed by atoms with Crippen molar-refractivity contribution in [2.24, 2.45) is 0 Å². The van der Waals surface area contributed by atoms with E-state index in [4.69, 9.17) is 53.4 Å². The monoisotopic (exact) mass is 568 g/mol. The van der Waals surface area contributed by atoms with E-state index in [1.54, 1.807) is 0 Å². The average molecular weight is 569 g/mol.